The maximum atomic E-state index is 12.3. The van der Waals surface area contributed by atoms with Crippen molar-refractivity contribution in [2.45, 2.75) is 57.9 Å². The number of hydrogen-bond donors (Lipinski definition) is 1. The first kappa shape index (κ1) is 19.3. The van der Waals surface area contributed by atoms with Gasteiger partial charge in [-0.3, -0.25) is 9.59 Å². The van der Waals surface area contributed by atoms with Crippen LogP contribution in [0, 0.1) is 0 Å². The number of benzene rings is 1. The summed E-state index contributed by atoms with van der Waals surface area (Å²) < 4.78 is 5.62. The molecule has 1 fully saturated rings. The van der Waals surface area contributed by atoms with Crippen molar-refractivity contribution in [3.63, 3.8) is 0 Å². The van der Waals surface area contributed by atoms with E-state index in [1.54, 1.807) is 0 Å². The Morgan fingerprint density at radius 3 is 2.52 bits per heavy atom. The number of unbranched alkanes of at least 4 members (excludes halogenated alkanes) is 1. The second kappa shape index (κ2) is 10.7. The minimum absolute atomic E-state index is 0.143. The van der Waals surface area contributed by atoms with Gasteiger partial charge in [-0.05, 0) is 37.8 Å². The van der Waals surface area contributed by atoms with Crippen LogP contribution < -0.4 is 10.1 Å². The molecular formula is C20H30N2O3. The summed E-state index contributed by atoms with van der Waals surface area (Å²) in [6.45, 7) is 4.11. The van der Waals surface area contributed by atoms with Gasteiger partial charge in [0.25, 0.3) is 0 Å². The number of nitrogens with zero attached hydrogens (tertiary/aromatic N) is 1. The Bertz CT molecular complexity index is 525. The molecule has 138 valence electrons. The van der Waals surface area contributed by atoms with E-state index in [0.29, 0.717) is 19.4 Å². The number of nitrogens with one attached hydrogen (secondary N) is 1. The first-order valence-corrected chi connectivity index (χ1v) is 9.44. The molecular weight excluding hydrogens is 316 g/mol. The third kappa shape index (κ3) is 7.16. The molecule has 0 bridgehead atoms. The van der Waals surface area contributed by atoms with Crippen LogP contribution in [0.4, 0.5) is 0 Å². The van der Waals surface area contributed by atoms with E-state index in [-0.39, 0.29) is 17.9 Å². The maximum Gasteiger partial charge on any atom is 0.222 e. The number of amides is 2. The van der Waals surface area contributed by atoms with Crippen LogP contribution in [-0.4, -0.2) is 42.5 Å². The summed E-state index contributed by atoms with van der Waals surface area (Å²) in [5.41, 5.74) is 0. The van der Waals surface area contributed by atoms with Gasteiger partial charge in [-0.15, -0.1) is 0 Å². The molecule has 0 aliphatic carbocycles. The molecule has 0 radical (unpaired) electrons. The minimum atomic E-state index is 0.143. The molecule has 1 heterocycles. The fraction of sp³-hybridized carbons (Fsp3) is 0.600. The molecule has 0 unspecified atom stereocenters. The van der Waals surface area contributed by atoms with Gasteiger partial charge >= 0.3 is 0 Å². The molecule has 5 heteroatoms. The number of hydrogen-bond acceptors (Lipinski definition) is 3. The lowest BCUT2D eigenvalue weighted by atomic mass is 10.0. The first-order valence-electron chi connectivity index (χ1n) is 9.44. The van der Waals surface area contributed by atoms with Gasteiger partial charge in [-0.2, -0.15) is 0 Å². The molecule has 0 atom stereocenters. The summed E-state index contributed by atoms with van der Waals surface area (Å²) in [5, 5.41) is 3.09. The molecule has 25 heavy (non-hydrogen) atoms. The van der Waals surface area contributed by atoms with Gasteiger partial charge in [0, 0.05) is 32.0 Å². The minimum Gasteiger partial charge on any atom is -0.494 e. The molecule has 2 rings (SSSR count). The predicted octanol–water partition coefficient (Wildman–Crippen LogP) is 3.14. The van der Waals surface area contributed by atoms with Crippen molar-refractivity contribution in [2.24, 2.45) is 0 Å². The smallest absolute Gasteiger partial charge is 0.222 e. The van der Waals surface area contributed by atoms with Crippen LogP contribution in [0.15, 0.2) is 30.3 Å². The van der Waals surface area contributed by atoms with E-state index >= 15 is 0 Å². The van der Waals surface area contributed by atoms with Gasteiger partial charge in [-0.1, -0.05) is 31.5 Å². The summed E-state index contributed by atoms with van der Waals surface area (Å²) in [7, 11) is 0. The lowest BCUT2D eigenvalue weighted by Gasteiger charge is -2.32. The van der Waals surface area contributed by atoms with Crippen LogP contribution in [0.2, 0.25) is 0 Å². The quantitative estimate of drug-likeness (QED) is 0.699. The van der Waals surface area contributed by atoms with Gasteiger partial charge in [-0.25, -0.2) is 0 Å². The van der Waals surface area contributed by atoms with Crippen LogP contribution in [0.3, 0.4) is 0 Å². The monoisotopic (exact) mass is 346 g/mol. The third-order valence-electron chi connectivity index (χ3n) is 4.52. The highest BCUT2D eigenvalue weighted by Gasteiger charge is 2.23. The summed E-state index contributed by atoms with van der Waals surface area (Å²) in [4.78, 5) is 25.9. The Kier molecular flexibility index (Phi) is 8.29. The predicted molar refractivity (Wildman–Crippen MR) is 98.4 cm³/mol. The maximum absolute atomic E-state index is 12.3. The summed E-state index contributed by atoms with van der Waals surface area (Å²) in [6.07, 6.45) is 5.52. The van der Waals surface area contributed by atoms with E-state index in [0.717, 1.165) is 50.9 Å². The van der Waals surface area contributed by atoms with E-state index in [1.807, 2.05) is 35.2 Å². The average Bonchev–Trinajstić information content (AvgIpc) is 2.65. The topological polar surface area (TPSA) is 58.6 Å². The van der Waals surface area contributed by atoms with Crippen molar-refractivity contribution < 1.29 is 14.3 Å². The zero-order valence-corrected chi connectivity index (χ0v) is 15.2. The second-order valence-electron chi connectivity index (χ2n) is 6.59. The number of ether oxygens (including phenoxy) is 1. The highest BCUT2D eigenvalue weighted by molar-refractivity contribution is 5.77. The van der Waals surface area contributed by atoms with Gasteiger partial charge in [0.05, 0.1) is 6.61 Å². The van der Waals surface area contributed by atoms with Crippen LogP contribution in [-0.2, 0) is 9.59 Å². The van der Waals surface area contributed by atoms with Crippen molar-refractivity contribution in [2.75, 3.05) is 19.7 Å². The Balaban J connectivity index is 1.58. The van der Waals surface area contributed by atoms with Crippen LogP contribution in [0.5, 0.6) is 5.75 Å². The fourth-order valence-electron chi connectivity index (χ4n) is 3.00. The Hall–Kier alpha value is -2.04. The number of piperidine rings is 1. The van der Waals surface area contributed by atoms with Crippen molar-refractivity contribution >= 4 is 11.8 Å². The van der Waals surface area contributed by atoms with Crippen molar-refractivity contribution in [1.29, 1.82) is 0 Å². The standard InChI is InChI=1S/C20H30N2O3/c1-2-3-10-19(23)21-17-12-14-22(15-13-17)20(24)11-7-16-25-18-8-5-4-6-9-18/h4-6,8-9,17H,2-3,7,10-16H2,1H3,(H,21,23). The molecule has 0 saturated carbocycles. The van der Waals surface area contributed by atoms with Crippen molar-refractivity contribution in [3.8, 4) is 5.75 Å². The van der Waals surface area contributed by atoms with E-state index in [4.69, 9.17) is 4.74 Å². The number of carbonyl (C=O) groups is 2. The van der Waals surface area contributed by atoms with Crippen molar-refractivity contribution in [3.05, 3.63) is 30.3 Å². The molecule has 1 aromatic rings. The van der Waals surface area contributed by atoms with Crippen molar-refractivity contribution in [1.82, 2.24) is 10.2 Å². The molecule has 1 N–H and O–H groups in total. The largest absolute Gasteiger partial charge is 0.494 e. The van der Waals surface area contributed by atoms with Crippen LogP contribution in [0.25, 0.3) is 0 Å². The molecule has 1 aliphatic heterocycles. The van der Waals surface area contributed by atoms with Gasteiger partial charge < -0.3 is 15.0 Å². The second-order valence-corrected chi connectivity index (χ2v) is 6.59. The molecule has 1 aliphatic rings. The van der Waals surface area contributed by atoms with Gasteiger partial charge in [0.1, 0.15) is 5.75 Å². The number of rotatable bonds is 9. The van der Waals surface area contributed by atoms with E-state index < -0.39 is 0 Å². The molecule has 0 spiro atoms. The number of para-hydroxylation sites is 1. The highest BCUT2D eigenvalue weighted by Crippen LogP contribution is 2.13. The molecule has 5 nitrogen and oxygen atoms in total. The summed E-state index contributed by atoms with van der Waals surface area (Å²) in [6, 6.07) is 9.88. The van der Waals surface area contributed by atoms with Gasteiger partial charge in [0.2, 0.25) is 11.8 Å². The van der Waals surface area contributed by atoms with E-state index in [2.05, 4.69) is 12.2 Å². The highest BCUT2D eigenvalue weighted by atomic mass is 16.5. The van der Waals surface area contributed by atoms with Crippen LogP contribution in [0.1, 0.15) is 51.9 Å². The Morgan fingerprint density at radius 1 is 1.12 bits per heavy atom. The van der Waals surface area contributed by atoms with Gasteiger partial charge in [0.15, 0.2) is 0 Å². The SMILES string of the molecule is CCCCC(=O)NC1CCN(C(=O)CCCOc2ccccc2)CC1. The lowest BCUT2D eigenvalue weighted by Crippen LogP contribution is -2.46. The molecule has 1 aromatic carbocycles. The first-order chi connectivity index (χ1) is 12.2. The lowest BCUT2D eigenvalue weighted by molar-refractivity contribution is -0.132. The Labute approximate surface area is 150 Å². The average molecular weight is 346 g/mol. The molecule has 2 amide bonds. The fourth-order valence-corrected chi connectivity index (χ4v) is 3.00. The van der Waals surface area contributed by atoms with E-state index in [1.165, 1.54) is 0 Å². The zero-order valence-electron chi connectivity index (χ0n) is 15.2. The zero-order chi connectivity index (χ0) is 17.9. The summed E-state index contributed by atoms with van der Waals surface area (Å²) in [5.74, 6) is 1.17. The Morgan fingerprint density at radius 2 is 1.84 bits per heavy atom. The number of likely N-dealkylation sites (tertiary alicyclic amines) is 1. The van der Waals surface area contributed by atoms with E-state index in [9.17, 15) is 9.59 Å². The van der Waals surface area contributed by atoms with Crippen LogP contribution >= 0.6 is 0 Å². The number of carbonyl (C=O) groups excluding carboxylic acids is 2. The normalized spacial score (nSPS) is 15.0. The summed E-state index contributed by atoms with van der Waals surface area (Å²) >= 11 is 0. The molecule has 1 saturated heterocycles. The molecule has 0 aromatic heterocycles. The third-order valence-corrected chi connectivity index (χ3v) is 4.52.